The van der Waals surface area contributed by atoms with Crippen LogP contribution in [0.15, 0.2) is 0 Å². The molecule has 2 heterocycles. The van der Waals surface area contributed by atoms with Crippen LogP contribution in [0.3, 0.4) is 0 Å². The molecule has 0 saturated heterocycles. The highest BCUT2D eigenvalue weighted by Gasteiger charge is 2.25. The number of rotatable bonds is 4. The third-order valence-electron chi connectivity index (χ3n) is 3.27. The summed E-state index contributed by atoms with van der Waals surface area (Å²) in [5.41, 5.74) is 2.44. The molecule has 0 radical (unpaired) electrons. The summed E-state index contributed by atoms with van der Waals surface area (Å²) in [6.07, 6.45) is 3.52. The third-order valence-corrected chi connectivity index (χ3v) is 3.27. The molecule has 98 valence electrons. The van der Waals surface area contributed by atoms with E-state index in [9.17, 15) is 0 Å². The van der Waals surface area contributed by atoms with Gasteiger partial charge in [0.1, 0.15) is 5.82 Å². The zero-order valence-corrected chi connectivity index (χ0v) is 11.1. The Morgan fingerprint density at radius 3 is 2.83 bits per heavy atom. The van der Waals surface area contributed by atoms with Crippen LogP contribution in [-0.4, -0.2) is 28.6 Å². The molecule has 1 aromatic heterocycles. The molecule has 5 heteroatoms. The van der Waals surface area contributed by atoms with E-state index in [-0.39, 0.29) is 0 Å². The van der Waals surface area contributed by atoms with Gasteiger partial charge in [-0.05, 0) is 26.7 Å². The maximum absolute atomic E-state index is 4.64. The smallest absolute Gasteiger partial charge is 0.225 e. The van der Waals surface area contributed by atoms with Gasteiger partial charge < -0.3 is 16.0 Å². The standard InChI is InChI=1S/C13H21N5/c1-8(2)15-13-17-11-5-6-14-7-10(11)12(18-13)16-9-3-4-9/h8-9,14H,3-7H2,1-2H3,(H2,15,16,17,18). The van der Waals surface area contributed by atoms with Gasteiger partial charge in [0.15, 0.2) is 0 Å². The van der Waals surface area contributed by atoms with E-state index in [0.717, 1.165) is 31.3 Å². The summed E-state index contributed by atoms with van der Waals surface area (Å²) < 4.78 is 0. The van der Waals surface area contributed by atoms with Crippen molar-refractivity contribution in [2.45, 2.75) is 51.7 Å². The molecular formula is C13H21N5. The summed E-state index contributed by atoms with van der Waals surface area (Å²) in [7, 11) is 0. The summed E-state index contributed by atoms with van der Waals surface area (Å²) in [6, 6.07) is 0.983. The minimum atomic E-state index is 0.360. The van der Waals surface area contributed by atoms with E-state index in [1.165, 1.54) is 24.1 Å². The monoisotopic (exact) mass is 247 g/mol. The number of hydrogen-bond donors (Lipinski definition) is 3. The lowest BCUT2D eigenvalue weighted by atomic mass is 10.1. The predicted molar refractivity (Wildman–Crippen MR) is 72.8 cm³/mol. The largest absolute Gasteiger partial charge is 0.367 e. The number of hydrogen-bond acceptors (Lipinski definition) is 5. The van der Waals surface area contributed by atoms with Crippen LogP contribution in [0.2, 0.25) is 0 Å². The van der Waals surface area contributed by atoms with Crippen molar-refractivity contribution < 1.29 is 0 Å². The molecule has 18 heavy (non-hydrogen) atoms. The van der Waals surface area contributed by atoms with Gasteiger partial charge in [-0.15, -0.1) is 0 Å². The second-order valence-corrected chi connectivity index (χ2v) is 5.47. The average Bonchev–Trinajstić information content (AvgIpc) is 3.12. The van der Waals surface area contributed by atoms with Crippen molar-refractivity contribution in [2.75, 3.05) is 17.2 Å². The van der Waals surface area contributed by atoms with Gasteiger partial charge in [-0.25, -0.2) is 4.98 Å². The molecule has 3 N–H and O–H groups in total. The van der Waals surface area contributed by atoms with Crippen LogP contribution in [-0.2, 0) is 13.0 Å². The average molecular weight is 247 g/mol. The van der Waals surface area contributed by atoms with Gasteiger partial charge in [0.2, 0.25) is 5.95 Å². The molecule has 0 atom stereocenters. The first-order valence-electron chi connectivity index (χ1n) is 6.86. The summed E-state index contributed by atoms with van der Waals surface area (Å²) >= 11 is 0. The van der Waals surface area contributed by atoms with Crippen LogP contribution in [0.25, 0.3) is 0 Å². The van der Waals surface area contributed by atoms with Crippen LogP contribution in [0.1, 0.15) is 37.9 Å². The van der Waals surface area contributed by atoms with E-state index in [0.29, 0.717) is 12.1 Å². The quantitative estimate of drug-likeness (QED) is 0.753. The molecule has 1 aliphatic heterocycles. The maximum Gasteiger partial charge on any atom is 0.225 e. The molecular weight excluding hydrogens is 226 g/mol. The summed E-state index contributed by atoms with van der Waals surface area (Å²) in [5.74, 6) is 1.78. The molecule has 3 rings (SSSR count). The van der Waals surface area contributed by atoms with Crippen LogP contribution in [0.4, 0.5) is 11.8 Å². The van der Waals surface area contributed by atoms with Crippen molar-refractivity contribution in [3.05, 3.63) is 11.3 Å². The molecule has 1 aromatic rings. The van der Waals surface area contributed by atoms with Gasteiger partial charge in [-0.3, -0.25) is 0 Å². The Bertz CT molecular complexity index is 439. The second-order valence-electron chi connectivity index (χ2n) is 5.47. The summed E-state index contributed by atoms with van der Waals surface area (Å²) in [5, 5.41) is 10.2. The van der Waals surface area contributed by atoms with Crippen LogP contribution in [0.5, 0.6) is 0 Å². The molecule has 1 aliphatic carbocycles. The number of aromatic nitrogens is 2. The van der Waals surface area contributed by atoms with E-state index < -0.39 is 0 Å². The molecule has 1 saturated carbocycles. The molecule has 1 fully saturated rings. The molecule has 5 nitrogen and oxygen atoms in total. The zero-order valence-electron chi connectivity index (χ0n) is 11.1. The normalized spacial score (nSPS) is 18.6. The van der Waals surface area contributed by atoms with Gasteiger partial charge in [0, 0.05) is 37.2 Å². The van der Waals surface area contributed by atoms with E-state index in [1.54, 1.807) is 0 Å². The summed E-state index contributed by atoms with van der Waals surface area (Å²) in [6.45, 7) is 6.11. The molecule has 0 aromatic carbocycles. The van der Waals surface area contributed by atoms with Gasteiger partial charge in [0.05, 0.1) is 5.69 Å². The molecule has 0 amide bonds. The Morgan fingerprint density at radius 1 is 1.28 bits per heavy atom. The SMILES string of the molecule is CC(C)Nc1nc2c(c(NC3CC3)n1)CNCC2. The maximum atomic E-state index is 4.64. The van der Waals surface area contributed by atoms with E-state index >= 15 is 0 Å². The first-order chi connectivity index (χ1) is 8.72. The molecule has 0 spiro atoms. The van der Waals surface area contributed by atoms with Crippen molar-refractivity contribution in [2.24, 2.45) is 0 Å². The number of fused-ring (bicyclic) bond motifs is 1. The van der Waals surface area contributed by atoms with Gasteiger partial charge in [0.25, 0.3) is 0 Å². The first kappa shape index (κ1) is 11.7. The minimum absolute atomic E-state index is 0.360. The van der Waals surface area contributed by atoms with Gasteiger partial charge in [-0.2, -0.15) is 4.98 Å². The fourth-order valence-corrected chi connectivity index (χ4v) is 2.21. The fourth-order valence-electron chi connectivity index (χ4n) is 2.21. The van der Waals surface area contributed by atoms with Crippen molar-refractivity contribution >= 4 is 11.8 Å². The van der Waals surface area contributed by atoms with E-state index in [2.05, 4.69) is 39.8 Å². The van der Waals surface area contributed by atoms with Crippen molar-refractivity contribution in [3.8, 4) is 0 Å². The van der Waals surface area contributed by atoms with Crippen LogP contribution < -0.4 is 16.0 Å². The Balaban J connectivity index is 1.91. The Morgan fingerprint density at radius 2 is 2.11 bits per heavy atom. The molecule has 2 aliphatic rings. The van der Waals surface area contributed by atoms with Gasteiger partial charge in [-0.1, -0.05) is 0 Å². The van der Waals surface area contributed by atoms with Crippen molar-refractivity contribution in [1.82, 2.24) is 15.3 Å². The molecule has 0 bridgehead atoms. The number of anilines is 2. The Labute approximate surface area is 108 Å². The van der Waals surface area contributed by atoms with E-state index in [1.807, 2.05) is 0 Å². The molecule has 0 unspecified atom stereocenters. The topological polar surface area (TPSA) is 61.9 Å². The van der Waals surface area contributed by atoms with Crippen LogP contribution >= 0.6 is 0 Å². The highest BCUT2D eigenvalue weighted by Crippen LogP contribution is 2.28. The predicted octanol–water partition coefficient (Wildman–Crippen LogP) is 1.52. The minimum Gasteiger partial charge on any atom is -0.367 e. The second kappa shape index (κ2) is 4.72. The lowest BCUT2D eigenvalue weighted by Crippen LogP contribution is -2.27. The van der Waals surface area contributed by atoms with Crippen LogP contribution in [0, 0.1) is 0 Å². The number of nitrogens with one attached hydrogen (secondary N) is 3. The van der Waals surface area contributed by atoms with Crippen molar-refractivity contribution in [3.63, 3.8) is 0 Å². The Kier molecular flexibility index (Phi) is 3.07. The Hall–Kier alpha value is -1.36. The highest BCUT2D eigenvalue weighted by atomic mass is 15.2. The zero-order chi connectivity index (χ0) is 12.5. The fraction of sp³-hybridized carbons (Fsp3) is 0.692. The van der Waals surface area contributed by atoms with Crippen molar-refractivity contribution in [1.29, 1.82) is 0 Å². The number of nitrogens with zero attached hydrogens (tertiary/aromatic N) is 2. The third kappa shape index (κ3) is 2.56. The van der Waals surface area contributed by atoms with Gasteiger partial charge >= 0.3 is 0 Å². The lowest BCUT2D eigenvalue weighted by Gasteiger charge is -2.21. The summed E-state index contributed by atoms with van der Waals surface area (Å²) in [4.78, 5) is 9.27. The highest BCUT2D eigenvalue weighted by molar-refractivity contribution is 5.52. The van der Waals surface area contributed by atoms with E-state index in [4.69, 9.17) is 0 Å². The lowest BCUT2D eigenvalue weighted by molar-refractivity contribution is 0.627. The first-order valence-corrected chi connectivity index (χ1v) is 6.86.